The van der Waals surface area contributed by atoms with E-state index in [1.807, 2.05) is 19.0 Å². The van der Waals surface area contributed by atoms with Gasteiger partial charge >= 0.3 is 0 Å². The fourth-order valence-corrected chi connectivity index (χ4v) is 3.78. The van der Waals surface area contributed by atoms with Gasteiger partial charge in [0.1, 0.15) is 10.3 Å². The van der Waals surface area contributed by atoms with E-state index in [-0.39, 0.29) is 28.6 Å². The lowest BCUT2D eigenvalue weighted by Gasteiger charge is -2.22. The van der Waals surface area contributed by atoms with Gasteiger partial charge in [0, 0.05) is 25.7 Å². The Labute approximate surface area is 139 Å². The standard InChI is InChI=1S/C13H18N4O4S2/c1-4-16(8-7-15(2)3)23(20,21)11-5-6-13(22-10-14)12(9-11)17(18)19/h5-6,9H,4,7-8H2,1-3H3. The largest absolute Gasteiger partial charge is 0.308 e. The molecule has 0 amide bonds. The fourth-order valence-electron chi connectivity index (χ4n) is 1.84. The summed E-state index contributed by atoms with van der Waals surface area (Å²) in [6.45, 7) is 2.80. The smallest absolute Gasteiger partial charge is 0.285 e. The van der Waals surface area contributed by atoms with Gasteiger partial charge in [0.15, 0.2) is 0 Å². The number of nitro benzene ring substituents is 1. The number of benzene rings is 1. The van der Waals surface area contributed by atoms with Gasteiger partial charge in [0.2, 0.25) is 10.0 Å². The lowest BCUT2D eigenvalue weighted by Crippen LogP contribution is -2.36. The van der Waals surface area contributed by atoms with Gasteiger partial charge in [-0.3, -0.25) is 10.1 Å². The van der Waals surface area contributed by atoms with Crippen molar-refractivity contribution in [3.05, 3.63) is 28.3 Å². The molecule has 0 N–H and O–H groups in total. The van der Waals surface area contributed by atoms with Crippen molar-refractivity contribution in [2.24, 2.45) is 0 Å². The van der Waals surface area contributed by atoms with Gasteiger partial charge < -0.3 is 4.90 Å². The average Bonchev–Trinajstić information content (AvgIpc) is 2.47. The van der Waals surface area contributed by atoms with Gasteiger partial charge in [-0.1, -0.05) is 6.92 Å². The molecule has 0 aliphatic carbocycles. The predicted molar refractivity (Wildman–Crippen MR) is 87.6 cm³/mol. The van der Waals surface area contributed by atoms with Crippen LogP contribution in [0.5, 0.6) is 0 Å². The van der Waals surface area contributed by atoms with Crippen LogP contribution >= 0.6 is 11.8 Å². The Kier molecular flexibility index (Phi) is 6.96. The maximum Gasteiger partial charge on any atom is 0.285 e. The van der Waals surface area contributed by atoms with Gasteiger partial charge in [-0.25, -0.2) is 8.42 Å². The maximum atomic E-state index is 12.6. The molecule has 0 aromatic heterocycles. The molecule has 1 aromatic rings. The molecule has 0 aliphatic heterocycles. The van der Waals surface area contributed by atoms with Crippen molar-refractivity contribution in [3.63, 3.8) is 0 Å². The van der Waals surface area contributed by atoms with Crippen LogP contribution in [0.2, 0.25) is 0 Å². The molecule has 0 fully saturated rings. The Morgan fingerprint density at radius 3 is 2.48 bits per heavy atom. The molecule has 0 saturated heterocycles. The van der Waals surface area contributed by atoms with E-state index in [0.717, 1.165) is 6.07 Å². The van der Waals surface area contributed by atoms with Gasteiger partial charge in [-0.15, -0.1) is 0 Å². The summed E-state index contributed by atoms with van der Waals surface area (Å²) in [6.07, 6.45) is 0. The van der Waals surface area contributed by atoms with Crippen molar-refractivity contribution in [1.82, 2.24) is 9.21 Å². The highest BCUT2D eigenvalue weighted by molar-refractivity contribution is 8.03. The van der Waals surface area contributed by atoms with Crippen molar-refractivity contribution < 1.29 is 13.3 Å². The van der Waals surface area contributed by atoms with E-state index in [4.69, 9.17) is 5.26 Å². The summed E-state index contributed by atoms with van der Waals surface area (Å²) in [7, 11) is -0.159. The van der Waals surface area contributed by atoms with E-state index in [2.05, 4.69) is 0 Å². The van der Waals surface area contributed by atoms with Crippen LogP contribution in [0.1, 0.15) is 6.92 Å². The lowest BCUT2D eigenvalue weighted by atomic mass is 10.3. The molecule has 8 nitrogen and oxygen atoms in total. The molecule has 126 valence electrons. The molecular formula is C13H18N4O4S2. The quantitative estimate of drug-likeness (QED) is 0.301. The second kappa shape index (κ2) is 8.26. The molecule has 0 aliphatic rings. The highest BCUT2D eigenvalue weighted by Crippen LogP contribution is 2.31. The molecule has 0 heterocycles. The lowest BCUT2D eigenvalue weighted by molar-refractivity contribution is -0.387. The van der Waals surface area contributed by atoms with Crippen LogP contribution in [0, 0.1) is 20.8 Å². The summed E-state index contributed by atoms with van der Waals surface area (Å²) in [5, 5.41) is 21.5. The average molecular weight is 358 g/mol. The summed E-state index contributed by atoms with van der Waals surface area (Å²) < 4.78 is 26.5. The van der Waals surface area contributed by atoms with Crippen LogP contribution in [-0.4, -0.2) is 56.3 Å². The minimum Gasteiger partial charge on any atom is -0.308 e. The van der Waals surface area contributed by atoms with E-state index in [0.29, 0.717) is 18.3 Å². The van der Waals surface area contributed by atoms with Gasteiger partial charge in [0.25, 0.3) is 5.69 Å². The summed E-state index contributed by atoms with van der Waals surface area (Å²) in [5.74, 6) is 0. The first kappa shape index (κ1) is 19.4. The minimum absolute atomic E-state index is 0.118. The van der Waals surface area contributed by atoms with Crippen LogP contribution in [0.4, 0.5) is 5.69 Å². The van der Waals surface area contributed by atoms with E-state index in [1.165, 1.54) is 16.4 Å². The highest BCUT2D eigenvalue weighted by atomic mass is 32.2. The molecule has 0 bridgehead atoms. The van der Waals surface area contributed by atoms with Crippen molar-refractivity contribution in [2.45, 2.75) is 16.7 Å². The first-order valence-corrected chi connectivity index (χ1v) is 8.99. The first-order chi connectivity index (χ1) is 10.7. The molecule has 0 atom stereocenters. The van der Waals surface area contributed by atoms with Gasteiger partial charge in [-0.05, 0) is 38.0 Å². The zero-order valence-electron chi connectivity index (χ0n) is 13.1. The highest BCUT2D eigenvalue weighted by Gasteiger charge is 2.26. The van der Waals surface area contributed by atoms with Crippen molar-refractivity contribution in [3.8, 4) is 5.40 Å². The SMILES string of the molecule is CCN(CCN(C)C)S(=O)(=O)c1ccc(SC#N)c([N+](=O)[O-])c1. The summed E-state index contributed by atoms with van der Waals surface area (Å²) in [5.41, 5.74) is -0.388. The zero-order chi connectivity index (χ0) is 17.6. The van der Waals surface area contributed by atoms with Crippen molar-refractivity contribution >= 4 is 27.5 Å². The van der Waals surface area contributed by atoms with E-state index < -0.39 is 14.9 Å². The van der Waals surface area contributed by atoms with E-state index in [1.54, 1.807) is 12.3 Å². The fraction of sp³-hybridized carbons (Fsp3) is 0.462. The summed E-state index contributed by atoms with van der Waals surface area (Å²) >= 11 is 0.627. The monoisotopic (exact) mass is 358 g/mol. The second-order valence-corrected chi connectivity index (χ2v) is 7.64. The topological polar surface area (TPSA) is 108 Å². The molecule has 1 aromatic carbocycles. The number of sulfonamides is 1. The number of nitro groups is 1. The third-order valence-electron chi connectivity index (χ3n) is 3.07. The molecule has 0 radical (unpaired) electrons. The first-order valence-electron chi connectivity index (χ1n) is 6.73. The van der Waals surface area contributed by atoms with E-state index in [9.17, 15) is 18.5 Å². The van der Waals surface area contributed by atoms with Crippen LogP contribution in [0.15, 0.2) is 28.0 Å². The Bertz CT molecular complexity index is 713. The molecule has 23 heavy (non-hydrogen) atoms. The number of hydrogen-bond acceptors (Lipinski definition) is 7. The second-order valence-electron chi connectivity index (χ2n) is 4.88. The molecular weight excluding hydrogens is 340 g/mol. The number of thioether (sulfide) groups is 1. The molecule has 1 rings (SSSR count). The van der Waals surface area contributed by atoms with Crippen LogP contribution in [-0.2, 0) is 10.0 Å². The number of nitriles is 1. The predicted octanol–water partition coefficient (Wildman–Crippen LogP) is 1.74. The van der Waals surface area contributed by atoms with Crippen molar-refractivity contribution in [1.29, 1.82) is 5.26 Å². The number of nitrogens with zero attached hydrogens (tertiary/aromatic N) is 4. The van der Waals surface area contributed by atoms with Gasteiger partial charge in [0.05, 0.1) is 9.82 Å². The van der Waals surface area contributed by atoms with Crippen LogP contribution < -0.4 is 0 Å². The van der Waals surface area contributed by atoms with Gasteiger partial charge in [-0.2, -0.15) is 9.57 Å². The Hall–Kier alpha value is -1.67. The normalized spacial score (nSPS) is 11.7. The molecule has 10 heteroatoms. The number of rotatable bonds is 8. The number of hydrogen-bond donors (Lipinski definition) is 0. The third-order valence-corrected chi connectivity index (χ3v) is 5.70. The Morgan fingerprint density at radius 2 is 2.00 bits per heavy atom. The summed E-state index contributed by atoms with van der Waals surface area (Å²) in [4.78, 5) is 12.2. The molecule has 0 saturated carbocycles. The minimum atomic E-state index is -3.82. The molecule has 0 unspecified atom stereocenters. The third kappa shape index (κ3) is 4.90. The van der Waals surface area contributed by atoms with Crippen LogP contribution in [0.3, 0.4) is 0 Å². The maximum absolute atomic E-state index is 12.6. The number of thiocyanates is 1. The number of likely N-dealkylation sites (N-methyl/N-ethyl adjacent to an activating group) is 2. The molecule has 0 spiro atoms. The zero-order valence-corrected chi connectivity index (χ0v) is 14.7. The van der Waals surface area contributed by atoms with Crippen LogP contribution in [0.25, 0.3) is 0 Å². The van der Waals surface area contributed by atoms with Crippen molar-refractivity contribution in [2.75, 3.05) is 33.7 Å². The van der Waals surface area contributed by atoms with E-state index >= 15 is 0 Å². The Morgan fingerprint density at radius 1 is 1.35 bits per heavy atom. The summed E-state index contributed by atoms with van der Waals surface area (Å²) in [6, 6.07) is 3.59. The Balaban J connectivity index is 3.24.